The van der Waals surface area contributed by atoms with Gasteiger partial charge in [0.05, 0.1) is 12.3 Å². The molecule has 0 bridgehead atoms. The summed E-state index contributed by atoms with van der Waals surface area (Å²) < 4.78 is 5.42. The molecular weight excluding hydrogens is 256 g/mol. The fourth-order valence-electron chi connectivity index (χ4n) is 3.02. The maximum atomic E-state index is 12.0. The van der Waals surface area contributed by atoms with Gasteiger partial charge in [0.15, 0.2) is 0 Å². The van der Waals surface area contributed by atoms with E-state index in [-0.39, 0.29) is 30.6 Å². The van der Waals surface area contributed by atoms with E-state index in [1.54, 1.807) is 6.26 Å². The molecule has 5 nitrogen and oxygen atoms in total. The first-order chi connectivity index (χ1) is 9.76. The second kappa shape index (κ2) is 5.71. The molecule has 0 aliphatic heterocycles. The molecule has 2 aliphatic carbocycles. The maximum absolute atomic E-state index is 12.0. The summed E-state index contributed by atoms with van der Waals surface area (Å²) in [5, 5.41) is 15.0. The average Bonchev–Trinajstić information content (AvgIpc) is 3.07. The van der Waals surface area contributed by atoms with Crippen LogP contribution >= 0.6 is 0 Å². The highest BCUT2D eigenvalue weighted by Gasteiger charge is 2.25. The van der Waals surface area contributed by atoms with E-state index in [9.17, 15) is 4.79 Å². The molecule has 2 aliphatic rings. The molecule has 0 fully saturated rings. The zero-order chi connectivity index (χ0) is 13.9. The van der Waals surface area contributed by atoms with Crippen molar-refractivity contribution in [2.45, 2.75) is 37.8 Å². The fourth-order valence-corrected chi connectivity index (χ4v) is 3.02. The molecule has 1 aromatic rings. The van der Waals surface area contributed by atoms with Crippen LogP contribution in [-0.4, -0.2) is 23.8 Å². The molecule has 0 saturated carbocycles. The Labute approximate surface area is 118 Å². The molecule has 0 radical (unpaired) electrons. The number of fused-ring (bicyclic) bond motifs is 1. The second-order valence-corrected chi connectivity index (χ2v) is 5.53. The fraction of sp³-hybridized carbons (Fsp3) is 0.533. The normalized spacial score (nSPS) is 28.1. The van der Waals surface area contributed by atoms with E-state index in [4.69, 9.17) is 9.52 Å². The average molecular weight is 276 g/mol. The van der Waals surface area contributed by atoms with Crippen molar-refractivity contribution in [2.75, 3.05) is 6.61 Å². The third-order valence-corrected chi connectivity index (χ3v) is 4.08. The van der Waals surface area contributed by atoms with Crippen LogP contribution < -0.4 is 10.6 Å². The van der Waals surface area contributed by atoms with Crippen molar-refractivity contribution in [3.63, 3.8) is 0 Å². The second-order valence-electron chi connectivity index (χ2n) is 5.53. The Morgan fingerprint density at radius 2 is 2.30 bits per heavy atom. The summed E-state index contributed by atoms with van der Waals surface area (Å²) in [7, 11) is 0. The molecule has 20 heavy (non-hydrogen) atoms. The van der Waals surface area contributed by atoms with E-state index in [1.165, 1.54) is 0 Å². The molecule has 5 heteroatoms. The number of hydrogen-bond acceptors (Lipinski definition) is 3. The molecule has 108 valence electrons. The Kier molecular flexibility index (Phi) is 3.78. The number of urea groups is 1. The number of amides is 2. The first kappa shape index (κ1) is 13.2. The van der Waals surface area contributed by atoms with Gasteiger partial charge in [0.1, 0.15) is 5.76 Å². The molecule has 3 N–H and O–H groups in total. The first-order valence-corrected chi connectivity index (χ1v) is 7.18. The minimum Gasteiger partial charge on any atom is -0.469 e. The number of aliphatic hydroxyl groups excluding tert-OH is 1. The summed E-state index contributed by atoms with van der Waals surface area (Å²) in [6.07, 6.45) is 9.29. The minimum atomic E-state index is -0.155. The lowest BCUT2D eigenvalue weighted by atomic mass is 9.93. The number of carbonyl (C=O) groups is 1. The number of aryl methyl sites for hydroxylation is 1. The summed E-state index contributed by atoms with van der Waals surface area (Å²) in [6.45, 7) is 0.136. The lowest BCUT2D eigenvalue weighted by Gasteiger charge is -2.24. The summed E-state index contributed by atoms with van der Waals surface area (Å²) >= 11 is 0. The van der Waals surface area contributed by atoms with Gasteiger partial charge >= 0.3 is 6.03 Å². The third kappa shape index (κ3) is 2.72. The van der Waals surface area contributed by atoms with E-state index >= 15 is 0 Å². The Balaban J connectivity index is 1.54. The van der Waals surface area contributed by atoms with Gasteiger partial charge in [-0.3, -0.25) is 0 Å². The van der Waals surface area contributed by atoms with Gasteiger partial charge in [0.25, 0.3) is 0 Å². The van der Waals surface area contributed by atoms with Crippen LogP contribution in [0.5, 0.6) is 0 Å². The monoisotopic (exact) mass is 276 g/mol. The van der Waals surface area contributed by atoms with Gasteiger partial charge in [0, 0.05) is 30.6 Å². The Bertz CT molecular complexity index is 509. The van der Waals surface area contributed by atoms with E-state index in [0.717, 1.165) is 37.0 Å². The predicted octanol–water partition coefficient (Wildman–Crippen LogP) is 1.89. The van der Waals surface area contributed by atoms with E-state index in [0.29, 0.717) is 0 Å². The zero-order valence-electron chi connectivity index (χ0n) is 11.3. The number of furan rings is 1. The molecular formula is C15H20N2O3. The Morgan fingerprint density at radius 1 is 1.40 bits per heavy atom. The predicted molar refractivity (Wildman–Crippen MR) is 74.2 cm³/mol. The number of hydrogen-bond donors (Lipinski definition) is 3. The molecule has 0 aromatic carbocycles. The van der Waals surface area contributed by atoms with Gasteiger partial charge in [-0.05, 0) is 25.3 Å². The number of aliphatic hydroxyl groups is 1. The standard InChI is InChI=1S/C15H20N2O3/c18-9-10-4-5-11(8-10)16-15(19)17-13-2-1-3-14-12(13)6-7-20-14/h4-7,10-11,13,18H,1-3,8-9H2,(H2,16,17,19)/t10-,11+,13?/m0/s1. The lowest BCUT2D eigenvalue weighted by molar-refractivity contribution is 0.227. The summed E-state index contributed by atoms with van der Waals surface area (Å²) in [6, 6.07) is 1.84. The molecule has 1 aromatic heterocycles. The smallest absolute Gasteiger partial charge is 0.315 e. The molecule has 3 atom stereocenters. The van der Waals surface area contributed by atoms with Crippen molar-refractivity contribution in [1.29, 1.82) is 0 Å². The van der Waals surface area contributed by atoms with Crippen LogP contribution in [0, 0.1) is 5.92 Å². The summed E-state index contributed by atoms with van der Waals surface area (Å²) in [4.78, 5) is 12.0. The van der Waals surface area contributed by atoms with Gasteiger partial charge in [0.2, 0.25) is 0 Å². The van der Waals surface area contributed by atoms with Crippen LogP contribution in [0.3, 0.4) is 0 Å². The quantitative estimate of drug-likeness (QED) is 0.738. The Morgan fingerprint density at radius 3 is 3.10 bits per heavy atom. The first-order valence-electron chi connectivity index (χ1n) is 7.18. The summed E-state index contributed by atoms with van der Waals surface area (Å²) in [5.41, 5.74) is 1.10. The van der Waals surface area contributed by atoms with Crippen LogP contribution in [0.15, 0.2) is 28.9 Å². The minimum absolute atomic E-state index is 0.0135. The number of rotatable bonds is 3. The highest BCUT2D eigenvalue weighted by atomic mass is 16.3. The largest absolute Gasteiger partial charge is 0.469 e. The van der Waals surface area contributed by atoms with Crippen molar-refractivity contribution in [3.05, 3.63) is 35.8 Å². The van der Waals surface area contributed by atoms with Crippen LogP contribution in [0.25, 0.3) is 0 Å². The van der Waals surface area contributed by atoms with Crippen LogP contribution in [0.1, 0.15) is 36.6 Å². The SMILES string of the molecule is O=C(NC1CCCc2occc21)N[C@@H]1C=C[C@H](CO)C1. The number of nitrogens with one attached hydrogen (secondary N) is 2. The molecule has 0 saturated heterocycles. The van der Waals surface area contributed by atoms with Crippen LogP contribution in [-0.2, 0) is 6.42 Å². The maximum Gasteiger partial charge on any atom is 0.315 e. The number of carbonyl (C=O) groups excluding carboxylic acids is 1. The van der Waals surface area contributed by atoms with Gasteiger partial charge in [-0.15, -0.1) is 0 Å². The molecule has 0 spiro atoms. The molecule has 1 heterocycles. The van der Waals surface area contributed by atoms with Gasteiger partial charge in [-0.1, -0.05) is 12.2 Å². The van der Waals surface area contributed by atoms with E-state index in [1.807, 2.05) is 18.2 Å². The van der Waals surface area contributed by atoms with Crippen LogP contribution in [0.4, 0.5) is 4.79 Å². The van der Waals surface area contributed by atoms with Gasteiger partial charge < -0.3 is 20.2 Å². The third-order valence-electron chi connectivity index (χ3n) is 4.08. The zero-order valence-corrected chi connectivity index (χ0v) is 11.3. The van der Waals surface area contributed by atoms with E-state index in [2.05, 4.69) is 10.6 Å². The van der Waals surface area contributed by atoms with Crippen molar-refractivity contribution in [1.82, 2.24) is 10.6 Å². The highest BCUT2D eigenvalue weighted by molar-refractivity contribution is 5.75. The van der Waals surface area contributed by atoms with Crippen molar-refractivity contribution in [3.8, 4) is 0 Å². The highest BCUT2D eigenvalue weighted by Crippen LogP contribution is 2.30. The van der Waals surface area contributed by atoms with Gasteiger partial charge in [-0.25, -0.2) is 4.79 Å². The molecule has 3 rings (SSSR count). The Hall–Kier alpha value is -1.75. The summed E-state index contributed by atoms with van der Waals surface area (Å²) in [5.74, 6) is 1.15. The van der Waals surface area contributed by atoms with E-state index < -0.39 is 0 Å². The van der Waals surface area contributed by atoms with Crippen molar-refractivity contribution >= 4 is 6.03 Å². The molecule has 2 amide bonds. The van der Waals surface area contributed by atoms with Crippen molar-refractivity contribution < 1.29 is 14.3 Å². The topological polar surface area (TPSA) is 74.5 Å². The molecule has 1 unspecified atom stereocenters. The lowest BCUT2D eigenvalue weighted by Crippen LogP contribution is -2.43. The van der Waals surface area contributed by atoms with Crippen LogP contribution in [0.2, 0.25) is 0 Å². The van der Waals surface area contributed by atoms with Gasteiger partial charge in [-0.2, -0.15) is 0 Å². The van der Waals surface area contributed by atoms with Crippen molar-refractivity contribution in [2.24, 2.45) is 5.92 Å².